The summed E-state index contributed by atoms with van der Waals surface area (Å²) < 4.78 is 5.84. The van der Waals surface area contributed by atoms with Crippen LogP contribution >= 0.6 is 0 Å². The SMILES string of the molecule is CC[C@H](C)C(=O)O[C@H]1C[C@H](O)C=C2C=C[C@H](C)[C@H](CC[C@@H](O)C[C@@H](O)CC(=O)O)[C@H]21.NC(=O)c1ccccc1.NC(=O)c1ccccc1. The number of carbonyl (C=O) groups excluding carboxylic acids is 3. The van der Waals surface area contributed by atoms with Crippen LogP contribution in [0.3, 0.4) is 0 Å². The number of aliphatic hydroxyl groups is 3. The summed E-state index contributed by atoms with van der Waals surface area (Å²) in [5.41, 5.74) is 12.0. The number of benzene rings is 2. The van der Waals surface area contributed by atoms with Gasteiger partial charge in [-0.2, -0.15) is 0 Å². The first-order valence-electron chi connectivity index (χ1n) is 16.3. The molecule has 0 saturated carbocycles. The van der Waals surface area contributed by atoms with E-state index in [2.05, 4.69) is 13.0 Å². The van der Waals surface area contributed by atoms with E-state index in [1.54, 1.807) is 48.5 Å². The van der Waals surface area contributed by atoms with Gasteiger partial charge in [-0.25, -0.2) is 0 Å². The van der Waals surface area contributed by atoms with E-state index in [0.29, 0.717) is 36.8 Å². The quantitative estimate of drug-likeness (QED) is 0.180. The first-order valence-corrected chi connectivity index (χ1v) is 16.3. The van der Waals surface area contributed by atoms with E-state index in [0.717, 1.165) is 5.57 Å². The molecular formula is C37H50N2O9. The molecule has 11 heteroatoms. The molecule has 0 saturated heterocycles. The maximum atomic E-state index is 12.4. The monoisotopic (exact) mass is 666 g/mol. The molecule has 262 valence electrons. The lowest BCUT2D eigenvalue weighted by Crippen LogP contribution is -2.43. The minimum atomic E-state index is -1.10. The van der Waals surface area contributed by atoms with Gasteiger partial charge in [0.1, 0.15) is 6.10 Å². The normalized spacial score (nSPS) is 22.9. The van der Waals surface area contributed by atoms with Crippen LogP contribution in [-0.2, 0) is 14.3 Å². The summed E-state index contributed by atoms with van der Waals surface area (Å²) in [5.74, 6) is -2.07. The van der Waals surface area contributed by atoms with E-state index >= 15 is 0 Å². The van der Waals surface area contributed by atoms with Gasteiger partial charge in [-0.1, -0.05) is 75.4 Å². The molecular weight excluding hydrogens is 616 g/mol. The minimum absolute atomic E-state index is 0.0156. The number of ether oxygens (including phenoxy) is 1. The fourth-order valence-corrected chi connectivity index (χ4v) is 5.73. The van der Waals surface area contributed by atoms with E-state index in [1.165, 1.54) is 0 Å². The van der Waals surface area contributed by atoms with Crippen LogP contribution in [0.15, 0.2) is 84.5 Å². The lowest BCUT2D eigenvalue weighted by Gasteiger charge is -2.43. The Bertz CT molecular complexity index is 1330. The number of fused-ring (bicyclic) bond motifs is 1. The number of aliphatic hydroxyl groups excluding tert-OH is 3. The van der Waals surface area contributed by atoms with Crippen LogP contribution in [-0.4, -0.2) is 68.6 Å². The Hall–Kier alpha value is -4.32. The Kier molecular flexibility index (Phi) is 16.7. The summed E-state index contributed by atoms with van der Waals surface area (Å²) in [6, 6.07) is 17.5. The largest absolute Gasteiger partial charge is 0.481 e. The molecule has 0 unspecified atom stereocenters. The van der Waals surface area contributed by atoms with Crippen molar-refractivity contribution in [2.24, 2.45) is 35.1 Å². The van der Waals surface area contributed by atoms with Gasteiger partial charge in [0.15, 0.2) is 0 Å². The van der Waals surface area contributed by atoms with Crippen molar-refractivity contribution >= 4 is 23.8 Å². The maximum Gasteiger partial charge on any atom is 0.308 e. The lowest BCUT2D eigenvalue weighted by molar-refractivity contribution is -0.159. The third-order valence-corrected chi connectivity index (χ3v) is 8.56. The van der Waals surface area contributed by atoms with Crippen molar-refractivity contribution in [3.8, 4) is 0 Å². The predicted octanol–water partition coefficient (Wildman–Crippen LogP) is 4.01. The van der Waals surface area contributed by atoms with Gasteiger partial charge in [-0.15, -0.1) is 0 Å². The predicted molar refractivity (Wildman–Crippen MR) is 181 cm³/mol. The number of rotatable bonds is 12. The van der Waals surface area contributed by atoms with Crippen LogP contribution in [0.2, 0.25) is 0 Å². The highest BCUT2D eigenvalue weighted by molar-refractivity contribution is 5.93. The molecule has 8 N–H and O–H groups in total. The third kappa shape index (κ3) is 13.4. The number of allylic oxidation sites excluding steroid dienone is 2. The maximum absolute atomic E-state index is 12.4. The number of carbonyl (C=O) groups is 4. The average Bonchev–Trinajstić information content (AvgIpc) is 3.04. The van der Waals surface area contributed by atoms with Crippen LogP contribution in [0.25, 0.3) is 0 Å². The van der Waals surface area contributed by atoms with Crippen LogP contribution < -0.4 is 11.5 Å². The smallest absolute Gasteiger partial charge is 0.308 e. The fourth-order valence-electron chi connectivity index (χ4n) is 5.73. The Balaban J connectivity index is 0.000000357. The molecule has 2 aromatic carbocycles. The van der Waals surface area contributed by atoms with E-state index < -0.39 is 30.4 Å². The molecule has 48 heavy (non-hydrogen) atoms. The zero-order chi connectivity index (χ0) is 35.8. The van der Waals surface area contributed by atoms with Gasteiger partial charge in [-0.3, -0.25) is 19.2 Å². The number of hydrogen-bond donors (Lipinski definition) is 6. The van der Waals surface area contributed by atoms with Gasteiger partial charge in [0.25, 0.3) is 0 Å². The topological polar surface area (TPSA) is 210 Å². The number of carboxylic acid groups (broad SMARTS) is 1. The molecule has 2 aliphatic rings. The molecule has 2 amide bonds. The zero-order valence-electron chi connectivity index (χ0n) is 27.9. The highest BCUT2D eigenvalue weighted by Crippen LogP contribution is 2.44. The van der Waals surface area contributed by atoms with Gasteiger partial charge >= 0.3 is 11.9 Å². The van der Waals surface area contributed by atoms with Crippen molar-refractivity contribution in [2.75, 3.05) is 0 Å². The van der Waals surface area contributed by atoms with Crippen molar-refractivity contribution in [1.29, 1.82) is 0 Å². The molecule has 2 aliphatic carbocycles. The molecule has 0 bridgehead atoms. The highest BCUT2D eigenvalue weighted by Gasteiger charge is 2.42. The van der Waals surface area contributed by atoms with Crippen LogP contribution in [0.1, 0.15) is 80.0 Å². The molecule has 8 atom stereocenters. The van der Waals surface area contributed by atoms with Gasteiger partial charge in [0, 0.05) is 23.5 Å². The first-order chi connectivity index (χ1) is 22.7. The van der Waals surface area contributed by atoms with E-state index in [4.69, 9.17) is 21.3 Å². The number of carboxylic acids is 1. The summed E-state index contributed by atoms with van der Waals surface area (Å²) in [6.07, 6.45) is 4.64. The summed E-state index contributed by atoms with van der Waals surface area (Å²) in [4.78, 5) is 44.0. The second kappa shape index (κ2) is 20.1. The summed E-state index contributed by atoms with van der Waals surface area (Å²) >= 11 is 0. The number of amides is 2. The molecule has 0 heterocycles. The number of esters is 1. The standard InChI is InChI=1S/C23H36O7.2C7H7NO/c1-4-13(2)23(29)30-20-11-17(25)9-15-6-5-14(3)19(22(15)20)8-7-16(24)10-18(26)12-21(27)28;2*8-7(9)6-4-2-1-3-5-6/h5-6,9,13-14,16-20,22,24-26H,4,7-8,10-12H2,1-3H3,(H,27,28);2*1-5H,(H2,8,9)/t13-,14-,16+,17+,18+,19-,20-,22-;;/m0../s1. The molecule has 0 fully saturated rings. The molecule has 0 spiro atoms. The number of aliphatic carboxylic acids is 1. The fraction of sp³-hybridized carbons (Fsp3) is 0.459. The highest BCUT2D eigenvalue weighted by atomic mass is 16.5. The van der Waals surface area contributed by atoms with E-state index in [9.17, 15) is 34.5 Å². The van der Waals surface area contributed by atoms with Crippen molar-refractivity contribution < 1.29 is 44.3 Å². The molecule has 4 rings (SSSR count). The van der Waals surface area contributed by atoms with Gasteiger partial charge < -0.3 is 36.6 Å². The second-order valence-corrected chi connectivity index (χ2v) is 12.3. The van der Waals surface area contributed by atoms with Gasteiger partial charge in [-0.05, 0) is 67.4 Å². The Morgan fingerprint density at radius 3 is 1.92 bits per heavy atom. The van der Waals surface area contributed by atoms with Crippen molar-refractivity contribution in [1.82, 2.24) is 0 Å². The first kappa shape index (κ1) is 39.9. The summed E-state index contributed by atoms with van der Waals surface area (Å²) in [5, 5.41) is 39.1. The molecule has 0 aliphatic heterocycles. The Morgan fingerprint density at radius 1 is 0.917 bits per heavy atom. The number of primary amides is 2. The number of nitrogens with two attached hydrogens (primary N) is 2. The number of hydrogen-bond acceptors (Lipinski definition) is 8. The minimum Gasteiger partial charge on any atom is -0.481 e. The van der Waals surface area contributed by atoms with Crippen LogP contribution in [0.5, 0.6) is 0 Å². The zero-order valence-corrected chi connectivity index (χ0v) is 27.9. The summed E-state index contributed by atoms with van der Waals surface area (Å²) in [7, 11) is 0. The Morgan fingerprint density at radius 2 is 1.46 bits per heavy atom. The van der Waals surface area contributed by atoms with Crippen LogP contribution in [0, 0.1) is 23.7 Å². The van der Waals surface area contributed by atoms with Gasteiger partial charge in [0.2, 0.25) is 11.8 Å². The van der Waals surface area contributed by atoms with Crippen molar-refractivity contribution in [3.63, 3.8) is 0 Å². The molecule has 2 aromatic rings. The molecule has 0 aromatic heterocycles. The van der Waals surface area contributed by atoms with E-state index in [-0.39, 0.29) is 54.3 Å². The lowest BCUT2D eigenvalue weighted by atomic mass is 9.66. The van der Waals surface area contributed by atoms with Gasteiger partial charge in [0.05, 0.1) is 30.7 Å². The average molecular weight is 667 g/mol. The summed E-state index contributed by atoms with van der Waals surface area (Å²) in [6.45, 7) is 5.85. The molecule has 11 nitrogen and oxygen atoms in total. The van der Waals surface area contributed by atoms with E-state index in [1.807, 2.05) is 38.1 Å². The van der Waals surface area contributed by atoms with Crippen molar-refractivity contribution in [3.05, 3.63) is 95.6 Å². The Labute approximate surface area is 282 Å². The van der Waals surface area contributed by atoms with Crippen molar-refractivity contribution in [2.45, 2.75) is 83.7 Å². The molecule has 0 radical (unpaired) electrons. The van der Waals surface area contributed by atoms with Crippen LogP contribution in [0.4, 0.5) is 0 Å². The third-order valence-electron chi connectivity index (χ3n) is 8.56. The second-order valence-electron chi connectivity index (χ2n) is 12.3.